The third kappa shape index (κ3) is 5.38. The molecule has 6 nitrogen and oxygen atoms in total. The Morgan fingerprint density at radius 1 is 0.971 bits per heavy atom. The maximum Gasteiger partial charge on any atom is 0.273 e. The van der Waals surface area contributed by atoms with Gasteiger partial charge in [0.1, 0.15) is 11.6 Å². The molecule has 182 valence electrons. The molecule has 0 fully saturated rings. The average molecular weight is 471 g/mol. The number of ether oxygens (including phenoxy) is 1. The third-order valence-electron chi connectivity index (χ3n) is 6.45. The van der Waals surface area contributed by atoms with Gasteiger partial charge in [0.05, 0.1) is 12.2 Å². The number of amides is 1. The molecule has 0 spiro atoms. The summed E-state index contributed by atoms with van der Waals surface area (Å²) in [6, 6.07) is 24.2. The fraction of sp³-hybridized carbons (Fsp3) is 0.310. The van der Waals surface area contributed by atoms with Crippen molar-refractivity contribution >= 4 is 17.4 Å². The Morgan fingerprint density at radius 2 is 1.63 bits per heavy atom. The van der Waals surface area contributed by atoms with Crippen LogP contribution in [0.25, 0.3) is 0 Å². The lowest BCUT2D eigenvalue weighted by molar-refractivity contribution is -0.126. The number of nitrogens with one attached hydrogen (secondary N) is 1. The lowest BCUT2D eigenvalue weighted by Crippen LogP contribution is -2.40. The van der Waals surface area contributed by atoms with Gasteiger partial charge in [0.15, 0.2) is 0 Å². The van der Waals surface area contributed by atoms with Gasteiger partial charge in [-0.3, -0.25) is 15.1 Å². The number of para-hydroxylation sites is 2. The molecule has 4 rings (SSSR count). The van der Waals surface area contributed by atoms with Gasteiger partial charge in [-0.15, -0.1) is 0 Å². The predicted molar refractivity (Wildman–Crippen MR) is 141 cm³/mol. The van der Waals surface area contributed by atoms with Crippen LogP contribution in [-0.2, 0) is 17.9 Å². The normalized spacial score (nSPS) is 15.5. The Kier molecular flexibility index (Phi) is 7.22. The van der Waals surface area contributed by atoms with Crippen molar-refractivity contribution in [1.82, 2.24) is 4.90 Å². The topological polar surface area (TPSA) is 82.7 Å². The van der Waals surface area contributed by atoms with Crippen LogP contribution in [0.2, 0.25) is 0 Å². The van der Waals surface area contributed by atoms with E-state index in [1.54, 1.807) is 23.1 Å². The highest BCUT2D eigenvalue weighted by molar-refractivity contribution is 6.01. The number of anilines is 1. The summed E-state index contributed by atoms with van der Waals surface area (Å²) < 4.78 is 6.13. The summed E-state index contributed by atoms with van der Waals surface area (Å²) in [7, 11) is 0. The zero-order valence-electron chi connectivity index (χ0n) is 20.9. The van der Waals surface area contributed by atoms with E-state index < -0.39 is 6.10 Å². The van der Waals surface area contributed by atoms with Crippen molar-refractivity contribution in [2.24, 2.45) is 5.73 Å². The highest BCUT2D eigenvalue weighted by atomic mass is 16.5. The van der Waals surface area contributed by atoms with Crippen LogP contribution in [0.1, 0.15) is 56.1 Å². The van der Waals surface area contributed by atoms with Crippen LogP contribution in [-0.4, -0.2) is 28.7 Å². The van der Waals surface area contributed by atoms with Crippen LogP contribution < -0.4 is 15.4 Å². The molecular formula is C29H34N4O2. The second kappa shape index (κ2) is 10.3. The maximum absolute atomic E-state index is 13.6. The number of nitrogens with zero attached hydrogens (tertiary/aromatic N) is 2. The molecule has 0 bridgehead atoms. The van der Waals surface area contributed by atoms with E-state index in [1.807, 2.05) is 30.3 Å². The van der Waals surface area contributed by atoms with Gasteiger partial charge in [0, 0.05) is 29.8 Å². The number of amidine groups is 1. The van der Waals surface area contributed by atoms with E-state index in [4.69, 9.17) is 15.9 Å². The molecule has 0 radical (unpaired) electrons. The molecule has 0 saturated carbocycles. The lowest BCUT2D eigenvalue weighted by Gasteiger charge is -2.35. The number of nitrogen functional groups attached to an aromatic ring is 1. The third-order valence-corrected chi connectivity index (χ3v) is 6.45. The molecule has 1 unspecified atom stereocenters. The number of carbonyl (C=O) groups excluding carboxylic acids is 1. The number of fused-ring (bicyclic) bond motifs is 1. The first-order chi connectivity index (χ1) is 16.7. The second-order valence-electron chi connectivity index (χ2n) is 9.61. The molecule has 35 heavy (non-hydrogen) atoms. The summed E-state index contributed by atoms with van der Waals surface area (Å²) in [5.41, 5.74) is 9.98. The van der Waals surface area contributed by atoms with Crippen molar-refractivity contribution in [1.29, 1.82) is 5.41 Å². The van der Waals surface area contributed by atoms with Crippen LogP contribution in [0.15, 0.2) is 72.8 Å². The molecule has 0 saturated heterocycles. The summed E-state index contributed by atoms with van der Waals surface area (Å²) >= 11 is 0. The van der Waals surface area contributed by atoms with Gasteiger partial charge in [-0.1, -0.05) is 54.6 Å². The predicted octanol–water partition coefficient (Wildman–Crippen LogP) is 5.26. The van der Waals surface area contributed by atoms with E-state index in [-0.39, 0.29) is 11.7 Å². The van der Waals surface area contributed by atoms with Crippen molar-refractivity contribution < 1.29 is 9.53 Å². The molecule has 3 aromatic carbocycles. The van der Waals surface area contributed by atoms with Crippen LogP contribution in [0.3, 0.4) is 0 Å². The van der Waals surface area contributed by atoms with Gasteiger partial charge >= 0.3 is 0 Å². The monoisotopic (exact) mass is 470 g/mol. The van der Waals surface area contributed by atoms with Crippen molar-refractivity contribution in [2.45, 2.75) is 59.0 Å². The van der Waals surface area contributed by atoms with Crippen LogP contribution in [0.4, 0.5) is 5.69 Å². The standard InChI is InChI=1S/C29H34N4O2/c1-19(2)32(20(3)4)17-21-12-14-22(15-13-21)18-33-25-10-5-6-11-26(25)35-27(29(33)34)23-8-7-9-24(16-23)28(30)31/h5-16,19-20,27H,17-18H2,1-4H3,(H3,30,31). The Labute approximate surface area is 207 Å². The first-order valence-corrected chi connectivity index (χ1v) is 12.1. The number of carbonyl (C=O) groups is 1. The van der Waals surface area contributed by atoms with E-state index in [0.29, 0.717) is 35.5 Å². The molecular weight excluding hydrogens is 436 g/mol. The molecule has 3 aromatic rings. The first kappa shape index (κ1) is 24.5. The number of rotatable bonds is 8. The van der Waals surface area contributed by atoms with E-state index in [0.717, 1.165) is 17.8 Å². The van der Waals surface area contributed by atoms with Crippen molar-refractivity contribution in [2.75, 3.05) is 4.90 Å². The maximum atomic E-state index is 13.6. The summed E-state index contributed by atoms with van der Waals surface area (Å²) in [6.07, 6.45) is -0.797. The van der Waals surface area contributed by atoms with E-state index in [9.17, 15) is 4.79 Å². The highest BCUT2D eigenvalue weighted by Gasteiger charge is 2.35. The highest BCUT2D eigenvalue weighted by Crippen LogP contribution is 2.39. The van der Waals surface area contributed by atoms with Crippen molar-refractivity contribution in [3.05, 3.63) is 95.1 Å². The zero-order valence-corrected chi connectivity index (χ0v) is 20.9. The second-order valence-corrected chi connectivity index (χ2v) is 9.61. The minimum Gasteiger partial charge on any atom is -0.474 e. The molecule has 1 atom stereocenters. The fourth-order valence-corrected chi connectivity index (χ4v) is 4.57. The van der Waals surface area contributed by atoms with Crippen LogP contribution in [0, 0.1) is 5.41 Å². The number of nitrogens with two attached hydrogens (primary N) is 1. The van der Waals surface area contributed by atoms with E-state index in [1.165, 1.54) is 5.56 Å². The first-order valence-electron chi connectivity index (χ1n) is 12.1. The number of hydrogen-bond acceptors (Lipinski definition) is 4. The Balaban J connectivity index is 1.59. The van der Waals surface area contributed by atoms with Gasteiger partial charge in [0.25, 0.3) is 5.91 Å². The molecule has 1 aliphatic heterocycles. The summed E-state index contributed by atoms with van der Waals surface area (Å²) in [5.74, 6) is 0.478. The number of hydrogen-bond donors (Lipinski definition) is 2. The Morgan fingerprint density at radius 3 is 2.29 bits per heavy atom. The largest absolute Gasteiger partial charge is 0.474 e. The smallest absolute Gasteiger partial charge is 0.273 e. The molecule has 3 N–H and O–H groups in total. The zero-order chi connectivity index (χ0) is 25.1. The number of benzene rings is 3. The fourth-order valence-electron chi connectivity index (χ4n) is 4.57. The SMILES string of the molecule is CC(C)N(Cc1ccc(CN2C(=O)C(c3cccc(C(=N)N)c3)Oc3ccccc32)cc1)C(C)C. The molecule has 0 aliphatic carbocycles. The lowest BCUT2D eigenvalue weighted by atomic mass is 10.0. The van der Waals surface area contributed by atoms with Gasteiger partial charge in [-0.05, 0) is 57.0 Å². The Bertz CT molecular complexity index is 1200. The van der Waals surface area contributed by atoms with Gasteiger partial charge in [-0.25, -0.2) is 0 Å². The van der Waals surface area contributed by atoms with E-state index >= 15 is 0 Å². The molecule has 6 heteroatoms. The molecule has 0 aromatic heterocycles. The quantitative estimate of drug-likeness (QED) is 0.348. The minimum absolute atomic E-state index is 0.0408. The van der Waals surface area contributed by atoms with Crippen molar-refractivity contribution in [3.8, 4) is 5.75 Å². The molecule has 1 heterocycles. The molecule has 1 amide bonds. The summed E-state index contributed by atoms with van der Waals surface area (Å²) in [5, 5.41) is 7.75. The summed E-state index contributed by atoms with van der Waals surface area (Å²) in [6.45, 7) is 10.2. The van der Waals surface area contributed by atoms with Crippen LogP contribution in [0.5, 0.6) is 5.75 Å². The summed E-state index contributed by atoms with van der Waals surface area (Å²) in [4.78, 5) is 17.9. The van der Waals surface area contributed by atoms with Gasteiger partial charge < -0.3 is 15.4 Å². The molecule has 1 aliphatic rings. The minimum atomic E-state index is -0.797. The average Bonchev–Trinajstić information content (AvgIpc) is 2.84. The Hall–Kier alpha value is -3.64. The van der Waals surface area contributed by atoms with Crippen LogP contribution >= 0.6 is 0 Å². The van der Waals surface area contributed by atoms with Gasteiger partial charge in [-0.2, -0.15) is 0 Å². The van der Waals surface area contributed by atoms with Crippen molar-refractivity contribution in [3.63, 3.8) is 0 Å². The van der Waals surface area contributed by atoms with Gasteiger partial charge in [0.2, 0.25) is 6.10 Å². The van der Waals surface area contributed by atoms with E-state index in [2.05, 4.69) is 56.9 Å².